The summed E-state index contributed by atoms with van der Waals surface area (Å²) in [6.07, 6.45) is 4.57. The van der Waals surface area contributed by atoms with Gasteiger partial charge in [-0.05, 0) is 34.4 Å². The summed E-state index contributed by atoms with van der Waals surface area (Å²) in [6, 6.07) is 0. The number of anilines is 1. The molecule has 0 aliphatic rings. The maximum Gasteiger partial charge on any atom is 0.327 e. The summed E-state index contributed by atoms with van der Waals surface area (Å²) in [5.41, 5.74) is 0.271. The second-order valence-electron chi connectivity index (χ2n) is 3.68. The molecule has 1 aromatic rings. The minimum atomic E-state index is -0.512. The average Bonchev–Trinajstić information content (AvgIpc) is 2.42. The standard InChI is InChI=1S/C11H16BrN3O3S/c1-18-9(16)7-15-11(17)10(12)8(6-14-15)13-4-3-5-19-2/h6,13H,3-5,7H2,1-2H3. The number of carbonyl (C=O) groups excluding carboxylic acids is 1. The van der Waals surface area contributed by atoms with E-state index in [4.69, 9.17) is 0 Å². The number of hydrogen-bond acceptors (Lipinski definition) is 6. The maximum absolute atomic E-state index is 11.9. The molecule has 1 heterocycles. The van der Waals surface area contributed by atoms with Crippen LogP contribution in [-0.2, 0) is 16.1 Å². The number of hydrogen-bond donors (Lipinski definition) is 1. The van der Waals surface area contributed by atoms with Gasteiger partial charge in [-0.25, -0.2) is 4.68 Å². The highest BCUT2D eigenvalue weighted by molar-refractivity contribution is 9.10. The number of rotatable bonds is 7. The van der Waals surface area contributed by atoms with Crippen LogP contribution in [0, 0.1) is 0 Å². The molecule has 1 N–H and O–H groups in total. The Hall–Kier alpha value is -1.02. The van der Waals surface area contributed by atoms with Crippen LogP contribution in [0.2, 0.25) is 0 Å². The van der Waals surface area contributed by atoms with Crippen molar-refractivity contribution in [1.82, 2.24) is 9.78 Å². The molecule has 106 valence electrons. The van der Waals surface area contributed by atoms with Gasteiger partial charge in [-0.1, -0.05) is 0 Å². The summed E-state index contributed by atoms with van der Waals surface area (Å²) >= 11 is 4.99. The second-order valence-corrected chi connectivity index (χ2v) is 5.46. The number of ether oxygens (including phenoxy) is 1. The van der Waals surface area contributed by atoms with Gasteiger partial charge >= 0.3 is 5.97 Å². The predicted molar refractivity (Wildman–Crippen MR) is 79.7 cm³/mol. The molecule has 0 aliphatic heterocycles. The Morgan fingerprint density at radius 2 is 2.37 bits per heavy atom. The summed E-state index contributed by atoms with van der Waals surface area (Å²) in [6.45, 7) is 0.572. The van der Waals surface area contributed by atoms with E-state index in [2.05, 4.69) is 31.1 Å². The number of thioether (sulfide) groups is 1. The Balaban J connectivity index is 2.74. The van der Waals surface area contributed by atoms with Crippen molar-refractivity contribution in [3.8, 4) is 0 Å². The molecular formula is C11H16BrN3O3S. The summed E-state index contributed by atoms with van der Waals surface area (Å²) in [5.74, 6) is 0.541. The minimum absolute atomic E-state index is 0.194. The van der Waals surface area contributed by atoms with E-state index in [-0.39, 0.29) is 12.1 Å². The van der Waals surface area contributed by atoms with E-state index < -0.39 is 5.97 Å². The summed E-state index contributed by atoms with van der Waals surface area (Å²) in [4.78, 5) is 23.0. The van der Waals surface area contributed by atoms with Crippen molar-refractivity contribution in [2.45, 2.75) is 13.0 Å². The third-order valence-electron chi connectivity index (χ3n) is 2.33. The minimum Gasteiger partial charge on any atom is -0.468 e. The van der Waals surface area contributed by atoms with E-state index in [1.807, 2.05) is 6.26 Å². The highest BCUT2D eigenvalue weighted by Crippen LogP contribution is 2.16. The van der Waals surface area contributed by atoms with Crippen LogP contribution >= 0.6 is 27.7 Å². The van der Waals surface area contributed by atoms with Gasteiger partial charge in [0.25, 0.3) is 5.56 Å². The molecule has 0 aliphatic carbocycles. The Morgan fingerprint density at radius 1 is 1.63 bits per heavy atom. The van der Waals surface area contributed by atoms with Crippen molar-refractivity contribution in [1.29, 1.82) is 0 Å². The van der Waals surface area contributed by atoms with E-state index >= 15 is 0 Å². The molecule has 0 bridgehead atoms. The third-order valence-corrected chi connectivity index (χ3v) is 3.80. The van der Waals surface area contributed by atoms with Gasteiger partial charge in [0.15, 0.2) is 0 Å². The lowest BCUT2D eigenvalue weighted by molar-refractivity contribution is -0.141. The number of aromatic nitrogens is 2. The fourth-order valence-corrected chi connectivity index (χ4v) is 2.21. The average molecular weight is 350 g/mol. The van der Waals surface area contributed by atoms with Crippen molar-refractivity contribution >= 4 is 39.3 Å². The smallest absolute Gasteiger partial charge is 0.327 e. The van der Waals surface area contributed by atoms with Gasteiger partial charge in [-0.3, -0.25) is 9.59 Å². The first kappa shape index (κ1) is 16.0. The highest BCUT2D eigenvalue weighted by Gasteiger charge is 2.11. The van der Waals surface area contributed by atoms with Crippen LogP contribution in [-0.4, -0.2) is 41.4 Å². The zero-order chi connectivity index (χ0) is 14.3. The van der Waals surface area contributed by atoms with E-state index in [0.29, 0.717) is 10.2 Å². The van der Waals surface area contributed by atoms with Crippen molar-refractivity contribution in [3.05, 3.63) is 21.0 Å². The van der Waals surface area contributed by atoms with Gasteiger partial charge in [0, 0.05) is 6.54 Å². The van der Waals surface area contributed by atoms with Crippen LogP contribution in [0.25, 0.3) is 0 Å². The topological polar surface area (TPSA) is 73.2 Å². The van der Waals surface area contributed by atoms with E-state index in [0.717, 1.165) is 23.4 Å². The monoisotopic (exact) mass is 349 g/mol. The maximum atomic E-state index is 11.9. The van der Waals surface area contributed by atoms with E-state index in [1.54, 1.807) is 11.8 Å². The molecule has 0 saturated carbocycles. The first-order valence-corrected chi connectivity index (χ1v) is 7.84. The highest BCUT2D eigenvalue weighted by atomic mass is 79.9. The fourth-order valence-electron chi connectivity index (χ4n) is 1.33. The molecule has 19 heavy (non-hydrogen) atoms. The lowest BCUT2D eigenvalue weighted by atomic mass is 10.4. The normalized spacial score (nSPS) is 10.3. The number of nitrogens with zero attached hydrogens (tertiary/aromatic N) is 2. The van der Waals surface area contributed by atoms with Gasteiger partial charge in [0.2, 0.25) is 0 Å². The van der Waals surface area contributed by atoms with Gasteiger partial charge in [-0.15, -0.1) is 0 Å². The van der Waals surface area contributed by atoms with Gasteiger partial charge < -0.3 is 10.1 Å². The number of methoxy groups -OCH3 is 1. The SMILES string of the molecule is COC(=O)Cn1ncc(NCCCSC)c(Br)c1=O. The van der Waals surface area contributed by atoms with Crippen LogP contribution < -0.4 is 10.9 Å². The molecule has 0 fully saturated rings. The van der Waals surface area contributed by atoms with E-state index in [9.17, 15) is 9.59 Å². The van der Waals surface area contributed by atoms with Gasteiger partial charge in [0.1, 0.15) is 11.0 Å². The van der Waals surface area contributed by atoms with Crippen molar-refractivity contribution < 1.29 is 9.53 Å². The molecule has 0 aromatic carbocycles. The van der Waals surface area contributed by atoms with Crippen molar-refractivity contribution in [3.63, 3.8) is 0 Å². The molecule has 0 saturated heterocycles. The number of nitrogens with one attached hydrogen (secondary N) is 1. The van der Waals surface area contributed by atoms with E-state index in [1.165, 1.54) is 13.3 Å². The van der Waals surface area contributed by atoms with Crippen molar-refractivity contribution in [2.24, 2.45) is 0 Å². The van der Waals surface area contributed by atoms with Crippen LogP contribution in [0.4, 0.5) is 5.69 Å². The van der Waals surface area contributed by atoms with Crippen LogP contribution in [0.3, 0.4) is 0 Å². The molecular weight excluding hydrogens is 334 g/mol. The Labute approximate surface area is 124 Å². The molecule has 0 spiro atoms. The molecule has 0 amide bonds. The number of halogens is 1. The largest absolute Gasteiger partial charge is 0.468 e. The molecule has 6 nitrogen and oxygen atoms in total. The zero-order valence-electron chi connectivity index (χ0n) is 10.8. The lowest BCUT2D eigenvalue weighted by Crippen LogP contribution is -2.28. The van der Waals surface area contributed by atoms with Crippen molar-refractivity contribution in [2.75, 3.05) is 31.0 Å². The first-order chi connectivity index (χ1) is 9.10. The number of carbonyl (C=O) groups is 1. The molecule has 0 unspecified atom stereocenters. The van der Waals surface area contributed by atoms with Crippen LogP contribution in [0.1, 0.15) is 6.42 Å². The zero-order valence-corrected chi connectivity index (χ0v) is 13.2. The lowest BCUT2D eigenvalue weighted by Gasteiger charge is -2.09. The molecule has 1 rings (SSSR count). The molecule has 0 atom stereocenters. The van der Waals surface area contributed by atoms with Gasteiger partial charge in [-0.2, -0.15) is 16.9 Å². The second kappa shape index (κ2) is 8.21. The summed E-state index contributed by atoms with van der Waals surface area (Å²) < 4.78 is 5.93. The molecule has 1 aromatic heterocycles. The first-order valence-electron chi connectivity index (χ1n) is 5.65. The number of esters is 1. The predicted octanol–water partition coefficient (Wildman–Crippen LogP) is 1.34. The Kier molecular flexibility index (Phi) is 6.93. The fraction of sp³-hybridized carbons (Fsp3) is 0.545. The molecule has 0 radical (unpaired) electrons. The third kappa shape index (κ3) is 4.87. The quantitative estimate of drug-likeness (QED) is 0.591. The Bertz CT molecular complexity index is 493. The Morgan fingerprint density at radius 3 is 3.00 bits per heavy atom. The summed E-state index contributed by atoms with van der Waals surface area (Å²) in [7, 11) is 1.27. The molecule has 8 heteroatoms. The van der Waals surface area contributed by atoms with Crippen LogP contribution in [0.15, 0.2) is 15.5 Å². The van der Waals surface area contributed by atoms with Crippen LogP contribution in [0.5, 0.6) is 0 Å². The van der Waals surface area contributed by atoms with Gasteiger partial charge in [0.05, 0.1) is 19.0 Å². The summed E-state index contributed by atoms with van der Waals surface area (Å²) in [5, 5.41) is 7.06.